The average Bonchev–Trinajstić information content (AvgIpc) is 1.99. The Bertz CT molecular complexity index is 165. The van der Waals surface area contributed by atoms with Gasteiger partial charge in [0, 0.05) is 14.0 Å². The summed E-state index contributed by atoms with van der Waals surface area (Å²) in [6.45, 7) is 2.49. The van der Waals surface area contributed by atoms with Crippen LogP contribution in [0.4, 0.5) is 0 Å². The van der Waals surface area contributed by atoms with Crippen molar-refractivity contribution in [2.24, 2.45) is 0 Å². The molecule has 70 valence electrons. The number of hydrogen-bond acceptors (Lipinski definition) is 5. The summed E-state index contributed by atoms with van der Waals surface area (Å²) in [5.41, 5.74) is 0. The van der Waals surface area contributed by atoms with Gasteiger partial charge in [0.1, 0.15) is 6.61 Å². The first-order valence-electron chi connectivity index (χ1n) is 3.42. The molecule has 0 aliphatic carbocycles. The second-order valence-electron chi connectivity index (χ2n) is 2.08. The fourth-order valence-corrected chi connectivity index (χ4v) is 0.443. The Hall–Kier alpha value is -0.940. The van der Waals surface area contributed by atoms with Crippen LogP contribution in [0.1, 0.15) is 13.8 Å². The summed E-state index contributed by atoms with van der Waals surface area (Å²) in [4.78, 5) is 20.9. The van der Waals surface area contributed by atoms with Gasteiger partial charge in [-0.05, 0) is 6.92 Å². The van der Waals surface area contributed by atoms with Crippen LogP contribution in [-0.2, 0) is 23.8 Å². The van der Waals surface area contributed by atoms with Gasteiger partial charge in [-0.2, -0.15) is 0 Å². The lowest BCUT2D eigenvalue weighted by Crippen LogP contribution is -2.20. The Balaban J connectivity index is 3.50. The van der Waals surface area contributed by atoms with E-state index in [-0.39, 0.29) is 6.61 Å². The Labute approximate surface area is 70.6 Å². The van der Waals surface area contributed by atoms with Crippen molar-refractivity contribution in [2.75, 3.05) is 13.7 Å². The van der Waals surface area contributed by atoms with Crippen LogP contribution in [0, 0.1) is 0 Å². The molecule has 0 aliphatic heterocycles. The number of hydrogen-bond donors (Lipinski definition) is 0. The standard InChI is InChI=1S/C7H12O5/c1-5(8)12-7(9)4-11-6(2)10-3/h6H,4H2,1-3H3. The summed E-state index contributed by atoms with van der Waals surface area (Å²) >= 11 is 0. The van der Waals surface area contributed by atoms with E-state index in [1.807, 2.05) is 0 Å². The van der Waals surface area contributed by atoms with E-state index in [0.717, 1.165) is 6.92 Å². The number of carbonyl (C=O) groups is 2. The van der Waals surface area contributed by atoms with Crippen LogP contribution in [0.3, 0.4) is 0 Å². The molecule has 0 aromatic rings. The number of methoxy groups -OCH3 is 1. The zero-order valence-electron chi connectivity index (χ0n) is 7.33. The van der Waals surface area contributed by atoms with E-state index in [1.54, 1.807) is 6.92 Å². The third-order valence-electron chi connectivity index (χ3n) is 1.03. The molecule has 0 aromatic carbocycles. The first kappa shape index (κ1) is 11.1. The molecule has 0 aliphatic rings. The summed E-state index contributed by atoms with van der Waals surface area (Å²) in [6.07, 6.45) is -0.482. The summed E-state index contributed by atoms with van der Waals surface area (Å²) in [5, 5.41) is 0. The zero-order valence-corrected chi connectivity index (χ0v) is 7.33. The third-order valence-corrected chi connectivity index (χ3v) is 1.03. The highest BCUT2D eigenvalue weighted by Crippen LogP contribution is 1.91. The quantitative estimate of drug-likeness (QED) is 0.345. The maximum atomic E-state index is 10.7. The SMILES string of the molecule is COC(C)OCC(=O)OC(C)=O. The highest BCUT2D eigenvalue weighted by molar-refractivity contribution is 5.84. The monoisotopic (exact) mass is 176 g/mol. The van der Waals surface area contributed by atoms with Gasteiger partial charge in [0.15, 0.2) is 6.29 Å². The molecule has 0 aromatic heterocycles. The highest BCUT2D eigenvalue weighted by atomic mass is 16.7. The van der Waals surface area contributed by atoms with Gasteiger partial charge in [-0.25, -0.2) is 4.79 Å². The smallest absolute Gasteiger partial charge is 0.339 e. The topological polar surface area (TPSA) is 61.8 Å². The maximum absolute atomic E-state index is 10.7. The minimum atomic E-state index is -0.716. The fraction of sp³-hybridized carbons (Fsp3) is 0.714. The number of carbonyl (C=O) groups excluding carboxylic acids is 2. The Kier molecular flexibility index (Phi) is 5.23. The van der Waals surface area contributed by atoms with Gasteiger partial charge in [-0.3, -0.25) is 4.79 Å². The maximum Gasteiger partial charge on any atom is 0.339 e. The van der Waals surface area contributed by atoms with Gasteiger partial charge in [0.2, 0.25) is 0 Å². The minimum Gasteiger partial charge on any atom is -0.392 e. The molecule has 5 heteroatoms. The average molecular weight is 176 g/mol. The van der Waals surface area contributed by atoms with Crippen molar-refractivity contribution in [1.82, 2.24) is 0 Å². The normalized spacial score (nSPS) is 12.2. The van der Waals surface area contributed by atoms with Crippen molar-refractivity contribution >= 4 is 11.9 Å². The number of rotatable bonds is 4. The van der Waals surface area contributed by atoms with Crippen LogP contribution in [0.25, 0.3) is 0 Å². The Morgan fingerprint density at radius 2 is 2.00 bits per heavy atom. The minimum absolute atomic E-state index is 0.283. The van der Waals surface area contributed by atoms with E-state index >= 15 is 0 Å². The molecule has 0 bridgehead atoms. The number of esters is 2. The summed E-state index contributed by atoms with van der Waals surface area (Å²) in [5.74, 6) is -1.36. The third kappa shape index (κ3) is 5.82. The predicted molar refractivity (Wildman–Crippen MR) is 39.2 cm³/mol. The lowest BCUT2D eigenvalue weighted by molar-refractivity contribution is -0.170. The molecule has 0 heterocycles. The zero-order chi connectivity index (χ0) is 9.56. The molecule has 0 radical (unpaired) electrons. The highest BCUT2D eigenvalue weighted by Gasteiger charge is 2.08. The molecule has 1 unspecified atom stereocenters. The van der Waals surface area contributed by atoms with Gasteiger partial charge in [0.05, 0.1) is 0 Å². The van der Waals surface area contributed by atoms with Crippen molar-refractivity contribution < 1.29 is 23.8 Å². The van der Waals surface area contributed by atoms with E-state index in [2.05, 4.69) is 4.74 Å². The first-order chi connectivity index (χ1) is 5.56. The van der Waals surface area contributed by atoms with E-state index < -0.39 is 18.2 Å². The lowest BCUT2D eigenvalue weighted by atomic mass is 10.6. The molecule has 1 atom stereocenters. The molecule has 12 heavy (non-hydrogen) atoms. The van der Waals surface area contributed by atoms with Gasteiger partial charge < -0.3 is 14.2 Å². The van der Waals surface area contributed by atoms with Crippen molar-refractivity contribution in [2.45, 2.75) is 20.1 Å². The molecule has 0 amide bonds. The van der Waals surface area contributed by atoms with Crippen LogP contribution in [-0.4, -0.2) is 31.9 Å². The van der Waals surface area contributed by atoms with Crippen molar-refractivity contribution in [1.29, 1.82) is 0 Å². The largest absolute Gasteiger partial charge is 0.392 e. The Morgan fingerprint density at radius 3 is 2.42 bits per heavy atom. The second-order valence-corrected chi connectivity index (χ2v) is 2.08. The van der Waals surface area contributed by atoms with Crippen LogP contribution in [0.2, 0.25) is 0 Å². The first-order valence-corrected chi connectivity index (χ1v) is 3.42. The van der Waals surface area contributed by atoms with E-state index in [9.17, 15) is 9.59 Å². The van der Waals surface area contributed by atoms with E-state index in [4.69, 9.17) is 9.47 Å². The molecular formula is C7H12O5. The fourth-order valence-electron chi connectivity index (χ4n) is 0.443. The van der Waals surface area contributed by atoms with Crippen LogP contribution >= 0.6 is 0 Å². The molecule has 0 spiro atoms. The van der Waals surface area contributed by atoms with Gasteiger partial charge in [-0.15, -0.1) is 0 Å². The lowest BCUT2D eigenvalue weighted by Gasteiger charge is -2.08. The molecular weight excluding hydrogens is 164 g/mol. The molecule has 5 nitrogen and oxygen atoms in total. The van der Waals surface area contributed by atoms with E-state index in [1.165, 1.54) is 7.11 Å². The molecule has 0 fully saturated rings. The van der Waals surface area contributed by atoms with Gasteiger partial charge in [-0.1, -0.05) is 0 Å². The second kappa shape index (κ2) is 5.68. The van der Waals surface area contributed by atoms with Crippen LogP contribution < -0.4 is 0 Å². The van der Waals surface area contributed by atoms with E-state index in [0.29, 0.717) is 0 Å². The van der Waals surface area contributed by atoms with Crippen molar-refractivity contribution in [3.8, 4) is 0 Å². The molecule has 0 rings (SSSR count). The summed E-state index contributed by atoms with van der Waals surface area (Å²) in [6, 6.07) is 0. The van der Waals surface area contributed by atoms with Gasteiger partial charge in [0.25, 0.3) is 0 Å². The van der Waals surface area contributed by atoms with Crippen molar-refractivity contribution in [3.63, 3.8) is 0 Å². The molecule has 0 saturated heterocycles. The Morgan fingerprint density at radius 1 is 1.42 bits per heavy atom. The van der Waals surface area contributed by atoms with Crippen LogP contribution in [0.5, 0.6) is 0 Å². The summed E-state index contributed by atoms with van der Waals surface area (Å²) in [7, 11) is 1.45. The number of ether oxygens (including phenoxy) is 3. The predicted octanol–water partition coefficient (Wildman–Crippen LogP) is 0.0851. The van der Waals surface area contributed by atoms with Crippen molar-refractivity contribution in [3.05, 3.63) is 0 Å². The van der Waals surface area contributed by atoms with Crippen LogP contribution in [0.15, 0.2) is 0 Å². The van der Waals surface area contributed by atoms with Gasteiger partial charge >= 0.3 is 11.9 Å². The molecule has 0 N–H and O–H groups in total. The summed E-state index contributed by atoms with van der Waals surface area (Å²) < 4.78 is 13.7. The molecule has 0 saturated carbocycles.